The van der Waals surface area contributed by atoms with Crippen LogP contribution in [0.2, 0.25) is 10.0 Å². The number of hydrogen-bond donors (Lipinski definition) is 1. The Bertz CT molecular complexity index is 959. The van der Waals surface area contributed by atoms with Crippen LogP contribution in [0.15, 0.2) is 46.0 Å². The summed E-state index contributed by atoms with van der Waals surface area (Å²) in [5.74, 6) is 0.256. The van der Waals surface area contributed by atoms with Gasteiger partial charge < -0.3 is 9.73 Å². The zero-order valence-corrected chi connectivity index (χ0v) is 16.4. The molecule has 0 saturated carbocycles. The maximum atomic E-state index is 12.2. The molecule has 0 unspecified atom stereocenters. The van der Waals surface area contributed by atoms with Crippen LogP contribution in [-0.4, -0.2) is 21.9 Å². The second-order valence-corrected chi connectivity index (χ2v) is 7.29. The average molecular weight is 408 g/mol. The molecule has 0 fully saturated rings. The lowest BCUT2D eigenvalue weighted by Crippen LogP contribution is -2.15. The van der Waals surface area contributed by atoms with Gasteiger partial charge in [0.15, 0.2) is 0 Å². The summed E-state index contributed by atoms with van der Waals surface area (Å²) in [7, 11) is 0. The lowest BCUT2D eigenvalue weighted by molar-refractivity contribution is -0.113. The van der Waals surface area contributed by atoms with Crippen LogP contribution in [0.3, 0.4) is 0 Å². The standard InChI is InChI=1S/C18H15Cl2N3O2S/c1-10-5-3-4-6-12(10)17-22-23-18(25-17)26-9-14(24)21-16-13(19)8-7-11(2)15(16)20/h3-8H,9H2,1-2H3,(H,21,24). The Kier molecular flexibility index (Phi) is 5.86. The second-order valence-electron chi connectivity index (χ2n) is 5.58. The van der Waals surface area contributed by atoms with Gasteiger partial charge >= 0.3 is 0 Å². The second kappa shape index (κ2) is 8.12. The fraction of sp³-hybridized carbons (Fsp3) is 0.167. The monoisotopic (exact) mass is 407 g/mol. The van der Waals surface area contributed by atoms with Crippen molar-refractivity contribution in [3.63, 3.8) is 0 Å². The number of halogens is 2. The van der Waals surface area contributed by atoms with Crippen molar-refractivity contribution in [1.82, 2.24) is 10.2 Å². The number of carbonyl (C=O) groups is 1. The minimum atomic E-state index is -0.264. The predicted molar refractivity (Wildman–Crippen MR) is 105 cm³/mol. The highest BCUT2D eigenvalue weighted by Crippen LogP contribution is 2.33. The third-order valence-electron chi connectivity index (χ3n) is 3.66. The van der Waals surface area contributed by atoms with E-state index in [4.69, 9.17) is 27.6 Å². The van der Waals surface area contributed by atoms with Crippen LogP contribution in [0.5, 0.6) is 0 Å². The number of nitrogens with one attached hydrogen (secondary N) is 1. The molecule has 0 aliphatic heterocycles. The molecule has 3 aromatic rings. The number of amides is 1. The number of aryl methyl sites for hydroxylation is 2. The van der Waals surface area contributed by atoms with Crippen molar-refractivity contribution in [2.24, 2.45) is 0 Å². The molecule has 26 heavy (non-hydrogen) atoms. The highest BCUT2D eigenvalue weighted by molar-refractivity contribution is 7.99. The number of benzene rings is 2. The van der Waals surface area contributed by atoms with Crippen molar-refractivity contribution < 1.29 is 9.21 Å². The Morgan fingerprint density at radius 3 is 2.65 bits per heavy atom. The maximum absolute atomic E-state index is 12.2. The molecule has 0 aliphatic rings. The fourth-order valence-electron chi connectivity index (χ4n) is 2.26. The number of hydrogen-bond acceptors (Lipinski definition) is 5. The summed E-state index contributed by atoms with van der Waals surface area (Å²) >= 11 is 13.4. The number of anilines is 1. The van der Waals surface area contributed by atoms with Gasteiger partial charge in [0.05, 0.1) is 21.5 Å². The average Bonchev–Trinajstić information content (AvgIpc) is 3.09. The maximum Gasteiger partial charge on any atom is 0.277 e. The summed E-state index contributed by atoms with van der Waals surface area (Å²) in [6.07, 6.45) is 0. The van der Waals surface area contributed by atoms with Gasteiger partial charge in [0.2, 0.25) is 11.8 Å². The van der Waals surface area contributed by atoms with E-state index in [2.05, 4.69) is 15.5 Å². The molecule has 0 radical (unpaired) electrons. The molecule has 134 valence electrons. The van der Waals surface area contributed by atoms with Crippen LogP contribution >= 0.6 is 35.0 Å². The molecule has 1 aromatic heterocycles. The first-order chi connectivity index (χ1) is 12.5. The van der Waals surface area contributed by atoms with Gasteiger partial charge in [-0.15, -0.1) is 10.2 Å². The van der Waals surface area contributed by atoms with E-state index < -0.39 is 0 Å². The lowest BCUT2D eigenvalue weighted by atomic mass is 10.1. The van der Waals surface area contributed by atoms with Crippen molar-refractivity contribution >= 4 is 46.6 Å². The number of nitrogens with zero attached hydrogens (tertiary/aromatic N) is 2. The highest BCUT2D eigenvalue weighted by Gasteiger charge is 2.15. The molecule has 1 N–H and O–H groups in total. The van der Waals surface area contributed by atoms with Gasteiger partial charge in [0.1, 0.15) is 0 Å². The molecule has 0 atom stereocenters. The lowest BCUT2D eigenvalue weighted by Gasteiger charge is -2.10. The minimum Gasteiger partial charge on any atom is -0.411 e. The first kappa shape index (κ1) is 18.8. The molecule has 0 spiro atoms. The molecule has 1 heterocycles. The van der Waals surface area contributed by atoms with Gasteiger partial charge in [-0.25, -0.2) is 0 Å². The summed E-state index contributed by atoms with van der Waals surface area (Å²) < 4.78 is 5.63. The first-order valence-electron chi connectivity index (χ1n) is 7.72. The van der Waals surface area contributed by atoms with Gasteiger partial charge in [-0.3, -0.25) is 4.79 Å². The Balaban J connectivity index is 1.64. The molecular weight excluding hydrogens is 393 g/mol. The Morgan fingerprint density at radius 2 is 1.88 bits per heavy atom. The summed E-state index contributed by atoms with van der Waals surface area (Å²) in [4.78, 5) is 12.2. The topological polar surface area (TPSA) is 68.0 Å². The van der Waals surface area contributed by atoms with Crippen LogP contribution in [0.4, 0.5) is 5.69 Å². The van der Waals surface area contributed by atoms with Crippen molar-refractivity contribution in [2.45, 2.75) is 19.1 Å². The number of rotatable bonds is 5. The molecule has 0 aliphatic carbocycles. The Morgan fingerprint density at radius 1 is 1.12 bits per heavy atom. The summed E-state index contributed by atoms with van der Waals surface area (Å²) in [5, 5.41) is 11.9. The van der Waals surface area contributed by atoms with E-state index in [1.807, 2.05) is 38.1 Å². The zero-order valence-electron chi connectivity index (χ0n) is 14.0. The molecule has 1 amide bonds. The number of aromatic nitrogens is 2. The van der Waals surface area contributed by atoms with E-state index >= 15 is 0 Å². The normalized spacial score (nSPS) is 10.8. The summed E-state index contributed by atoms with van der Waals surface area (Å²) in [6, 6.07) is 11.2. The fourth-order valence-corrected chi connectivity index (χ4v) is 3.29. The smallest absolute Gasteiger partial charge is 0.277 e. The van der Waals surface area contributed by atoms with Crippen LogP contribution in [0.1, 0.15) is 11.1 Å². The van der Waals surface area contributed by atoms with Crippen molar-refractivity contribution in [3.05, 3.63) is 57.6 Å². The zero-order chi connectivity index (χ0) is 18.7. The van der Waals surface area contributed by atoms with Gasteiger partial charge in [0, 0.05) is 5.56 Å². The molecule has 3 rings (SSSR count). The van der Waals surface area contributed by atoms with E-state index in [1.165, 1.54) is 0 Å². The van der Waals surface area contributed by atoms with Crippen LogP contribution < -0.4 is 5.32 Å². The SMILES string of the molecule is Cc1ccccc1-c1nnc(SCC(=O)Nc2c(Cl)ccc(C)c2Cl)o1. The molecule has 2 aromatic carbocycles. The van der Waals surface area contributed by atoms with Crippen molar-refractivity contribution in [3.8, 4) is 11.5 Å². The van der Waals surface area contributed by atoms with E-state index in [-0.39, 0.29) is 11.7 Å². The van der Waals surface area contributed by atoms with Crippen molar-refractivity contribution in [2.75, 3.05) is 11.1 Å². The predicted octanol–water partition coefficient (Wildman–Crippen LogP) is 5.39. The van der Waals surface area contributed by atoms with Crippen LogP contribution in [-0.2, 0) is 4.79 Å². The number of thioether (sulfide) groups is 1. The minimum absolute atomic E-state index is 0.0933. The molecule has 0 bridgehead atoms. The third kappa shape index (κ3) is 4.20. The Labute approximate surface area is 165 Å². The summed E-state index contributed by atoms with van der Waals surface area (Å²) in [5.41, 5.74) is 3.15. The van der Waals surface area contributed by atoms with Crippen LogP contribution in [0.25, 0.3) is 11.5 Å². The highest BCUT2D eigenvalue weighted by atomic mass is 35.5. The van der Waals surface area contributed by atoms with Crippen LogP contribution in [0, 0.1) is 13.8 Å². The van der Waals surface area contributed by atoms with E-state index in [0.29, 0.717) is 26.8 Å². The number of carbonyl (C=O) groups excluding carboxylic acids is 1. The molecule has 0 saturated heterocycles. The van der Waals surface area contributed by atoms with Gasteiger partial charge in [-0.05, 0) is 37.1 Å². The van der Waals surface area contributed by atoms with Gasteiger partial charge in [-0.2, -0.15) is 0 Å². The Hall–Kier alpha value is -2.02. The quantitative estimate of drug-likeness (QED) is 0.574. The largest absolute Gasteiger partial charge is 0.411 e. The molecule has 8 heteroatoms. The van der Waals surface area contributed by atoms with E-state index in [9.17, 15) is 4.79 Å². The van der Waals surface area contributed by atoms with Crippen molar-refractivity contribution in [1.29, 1.82) is 0 Å². The first-order valence-corrected chi connectivity index (χ1v) is 9.46. The van der Waals surface area contributed by atoms with Gasteiger partial charge in [0.25, 0.3) is 5.22 Å². The van der Waals surface area contributed by atoms with E-state index in [1.54, 1.807) is 12.1 Å². The molecule has 5 nitrogen and oxygen atoms in total. The third-order valence-corrected chi connectivity index (χ3v) is 5.28. The van der Waals surface area contributed by atoms with Gasteiger partial charge in [-0.1, -0.05) is 59.2 Å². The summed E-state index contributed by atoms with van der Waals surface area (Å²) in [6.45, 7) is 3.81. The molecular formula is C18H15Cl2N3O2S. The van der Waals surface area contributed by atoms with E-state index in [0.717, 1.165) is 28.5 Å².